The molecule has 2 nitrogen and oxygen atoms in total. The molecule has 1 aromatic carbocycles. The van der Waals surface area contributed by atoms with Gasteiger partial charge in [-0.15, -0.1) is 0 Å². The minimum Gasteiger partial charge on any atom is -0.344 e. The molecule has 0 unspecified atom stereocenters. The second kappa shape index (κ2) is 5.43. The summed E-state index contributed by atoms with van der Waals surface area (Å²) in [5, 5.41) is 0.794. The summed E-state index contributed by atoms with van der Waals surface area (Å²) in [6, 6.07) is 7.92. The summed E-state index contributed by atoms with van der Waals surface area (Å²) in [5.74, 6) is -0.364. The zero-order valence-corrected chi connectivity index (χ0v) is 11.9. The van der Waals surface area contributed by atoms with Crippen molar-refractivity contribution in [1.82, 2.24) is 0 Å². The fraction of sp³-hybridized carbons (Fsp3) is 0.562. The summed E-state index contributed by atoms with van der Waals surface area (Å²) >= 11 is 6.21. The first-order valence-corrected chi connectivity index (χ1v) is 7.48. The van der Waals surface area contributed by atoms with Crippen molar-refractivity contribution in [3.63, 3.8) is 0 Å². The maximum Gasteiger partial charge on any atom is 0.169 e. The highest BCUT2D eigenvalue weighted by Gasteiger charge is 2.46. The van der Waals surface area contributed by atoms with E-state index in [0.29, 0.717) is 0 Å². The van der Waals surface area contributed by atoms with Crippen LogP contribution < -0.4 is 0 Å². The Hall–Kier alpha value is -0.570. The van der Waals surface area contributed by atoms with Gasteiger partial charge in [-0.3, -0.25) is 0 Å². The molecule has 0 bridgehead atoms. The average Bonchev–Trinajstić information content (AvgIpc) is 2.69. The number of hydrogen-bond donors (Lipinski definition) is 0. The maximum absolute atomic E-state index is 6.22. The van der Waals surface area contributed by atoms with Crippen molar-refractivity contribution < 1.29 is 9.47 Å². The van der Waals surface area contributed by atoms with Crippen LogP contribution in [-0.4, -0.2) is 18.0 Å². The van der Waals surface area contributed by atoms with Crippen molar-refractivity contribution in [2.45, 2.75) is 56.5 Å². The fourth-order valence-electron chi connectivity index (χ4n) is 3.11. The summed E-state index contributed by atoms with van der Waals surface area (Å²) in [6.07, 6.45) is 6.33. The first-order chi connectivity index (χ1) is 9.19. The Balaban J connectivity index is 1.70. The van der Waals surface area contributed by atoms with E-state index in [-0.39, 0.29) is 18.0 Å². The van der Waals surface area contributed by atoms with Crippen molar-refractivity contribution in [3.05, 3.63) is 41.8 Å². The van der Waals surface area contributed by atoms with Crippen molar-refractivity contribution in [1.29, 1.82) is 0 Å². The lowest BCUT2D eigenvalue weighted by molar-refractivity contribution is -0.191. The Labute approximate surface area is 120 Å². The monoisotopic (exact) mass is 279 g/mol. The molecule has 0 aromatic heterocycles. The van der Waals surface area contributed by atoms with Crippen molar-refractivity contribution >= 4 is 11.6 Å². The molecule has 0 N–H and O–H groups in total. The summed E-state index contributed by atoms with van der Waals surface area (Å²) < 4.78 is 12.3. The second-order valence-corrected chi connectivity index (χ2v) is 5.99. The molecule has 2 atom stereocenters. The smallest absolute Gasteiger partial charge is 0.169 e. The molecule has 1 radical (unpaired) electrons. The summed E-state index contributed by atoms with van der Waals surface area (Å²) in [7, 11) is 0. The van der Waals surface area contributed by atoms with Gasteiger partial charge in [-0.05, 0) is 31.4 Å². The molecule has 1 aliphatic carbocycles. The Bertz CT molecular complexity index is 440. The standard InChI is InChI=1S/C16H20ClO2/c1-12-15(11-13-7-3-4-8-14(13)17)19-16(18-12)9-5-2-6-10-16/h3-4,7-8,12,15H,1-2,5-6,9-11H2/t12-,15-/m0/s1. The molecule has 2 fully saturated rings. The maximum atomic E-state index is 6.22. The van der Waals surface area contributed by atoms with Gasteiger partial charge >= 0.3 is 0 Å². The highest BCUT2D eigenvalue weighted by atomic mass is 35.5. The zero-order chi connectivity index (χ0) is 13.3. The van der Waals surface area contributed by atoms with E-state index in [0.717, 1.165) is 29.8 Å². The molecule has 19 heavy (non-hydrogen) atoms. The van der Waals surface area contributed by atoms with Gasteiger partial charge < -0.3 is 9.47 Å². The molecule has 1 saturated heterocycles. The number of ether oxygens (including phenoxy) is 2. The lowest BCUT2D eigenvalue weighted by Crippen LogP contribution is -2.33. The molecule has 1 aliphatic heterocycles. The number of rotatable bonds is 2. The minimum absolute atomic E-state index is 0.0120. The van der Waals surface area contributed by atoms with Gasteiger partial charge in [-0.2, -0.15) is 0 Å². The highest BCUT2D eigenvalue weighted by Crippen LogP contribution is 2.41. The summed E-state index contributed by atoms with van der Waals surface area (Å²) in [5.41, 5.74) is 1.11. The van der Waals surface area contributed by atoms with Crippen LogP contribution in [0.5, 0.6) is 0 Å². The van der Waals surface area contributed by atoms with E-state index < -0.39 is 0 Å². The zero-order valence-electron chi connectivity index (χ0n) is 11.1. The first kappa shape index (κ1) is 13.4. The molecular weight excluding hydrogens is 260 g/mol. The normalized spacial score (nSPS) is 29.8. The van der Waals surface area contributed by atoms with Gasteiger partial charge in [-0.1, -0.05) is 36.2 Å². The quantitative estimate of drug-likeness (QED) is 0.809. The van der Waals surface area contributed by atoms with Crippen LogP contribution >= 0.6 is 11.6 Å². The Morgan fingerprint density at radius 2 is 1.89 bits per heavy atom. The molecule has 1 heterocycles. The lowest BCUT2D eigenvalue weighted by atomic mass is 9.94. The summed E-state index contributed by atoms with van der Waals surface area (Å²) in [6.45, 7) is 4.10. The molecule has 3 rings (SSSR count). The van der Waals surface area contributed by atoms with E-state index in [9.17, 15) is 0 Å². The van der Waals surface area contributed by atoms with Gasteiger partial charge in [0.05, 0.1) is 12.2 Å². The third-order valence-corrected chi connectivity index (χ3v) is 4.51. The Morgan fingerprint density at radius 3 is 2.63 bits per heavy atom. The molecule has 3 heteroatoms. The van der Waals surface area contributed by atoms with E-state index >= 15 is 0 Å². The van der Waals surface area contributed by atoms with Crippen molar-refractivity contribution in [3.8, 4) is 0 Å². The van der Waals surface area contributed by atoms with E-state index in [1.54, 1.807) is 0 Å². The topological polar surface area (TPSA) is 18.5 Å². The van der Waals surface area contributed by atoms with Gasteiger partial charge in [0, 0.05) is 24.3 Å². The van der Waals surface area contributed by atoms with Gasteiger partial charge in [-0.25, -0.2) is 0 Å². The van der Waals surface area contributed by atoms with E-state index in [1.807, 2.05) is 24.3 Å². The van der Waals surface area contributed by atoms with Gasteiger partial charge in [0.2, 0.25) is 0 Å². The fourth-order valence-corrected chi connectivity index (χ4v) is 3.32. The molecule has 103 valence electrons. The van der Waals surface area contributed by atoms with E-state index in [1.165, 1.54) is 19.3 Å². The molecule has 0 amide bonds. The van der Waals surface area contributed by atoms with Gasteiger partial charge in [0.15, 0.2) is 5.79 Å². The van der Waals surface area contributed by atoms with Gasteiger partial charge in [0.25, 0.3) is 0 Å². The van der Waals surface area contributed by atoms with Gasteiger partial charge in [0.1, 0.15) is 0 Å². The molecule has 1 aromatic rings. The second-order valence-electron chi connectivity index (χ2n) is 5.58. The van der Waals surface area contributed by atoms with Crippen LogP contribution in [0.3, 0.4) is 0 Å². The van der Waals surface area contributed by atoms with Crippen molar-refractivity contribution in [2.75, 3.05) is 0 Å². The predicted octanol–water partition coefficient (Wildman–Crippen LogP) is 4.16. The third-order valence-electron chi connectivity index (χ3n) is 4.14. The van der Waals surface area contributed by atoms with E-state index in [4.69, 9.17) is 21.1 Å². The highest BCUT2D eigenvalue weighted by molar-refractivity contribution is 6.31. The largest absolute Gasteiger partial charge is 0.344 e. The van der Waals surface area contributed by atoms with Crippen LogP contribution in [0.2, 0.25) is 5.02 Å². The first-order valence-electron chi connectivity index (χ1n) is 7.11. The molecule has 1 spiro atoms. The number of benzene rings is 1. The van der Waals surface area contributed by atoms with Crippen LogP contribution in [0.1, 0.15) is 37.7 Å². The summed E-state index contributed by atoms with van der Waals surface area (Å²) in [4.78, 5) is 0. The molecular formula is C16H20ClO2. The Morgan fingerprint density at radius 1 is 1.16 bits per heavy atom. The Kier molecular flexibility index (Phi) is 3.84. The average molecular weight is 280 g/mol. The third kappa shape index (κ3) is 2.81. The van der Waals surface area contributed by atoms with Crippen LogP contribution in [0.4, 0.5) is 0 Å². The van der Waals surface area contributed by atoms with Crippen molar-refractivity contribution in [2.24, 2.45) is 0 Å². The van der Waals surface area contributed by atoms with Crippen LogP contribution in [0.15, 0.2) is 24.3 Å². The molecule has 1 saturated carbocycles. The number of hydrogen-bond acceptors (Lipinski definition) is 2. The van der Waals surface area contributed by atoms with Crippen LogP contribution in [0, 0.1) is 6.92 Å². The number of halogens is 1. The predicted molar refractivity (Wildman–Crippen MR) is 76.1 cm³/mol. The minimum atomic E-state index is -0.364. The SMILES string of the molecule is [CH2][C@@H]1OC2(CCCCC2)O[C@H]1Cc1ccccc1Cl. The van der Waals surface area contributed by atoms with Crippen LogP contribution in [0.25, 0.3) is 0 Å². The molecule has 2 aliphatic rings. The van der Waals surface area contributed by atoms with E-state index in [2.05, 4.69) is 6.92 Å². The lowest BCUT2D eigenvalue weighted by Gasteiger charge is -2.31. The van der Waals surface area contributed by atoms with Crippen LogP contribution in [-0.2, 0) is 15.9 Å².